The third kappa shape index (κ3) is 1.98. The van der Waals surface area contributed by atoms with E-state index in [0.29, 0.717) is 5.88 Å². The van der Waals surface area contributed by atoms with E-state index in [1.807, 2.05) is 29.0 Å². The first-order chi connectivity index (χ1) is 10.7. The Kier molecular flexibility index (Phi) is 2.79. The van der Waals surface area contributed by atoms with Crippen LogP contribution in [-0.2, 0) is 0 Å². The van der Waals surface area contributed by atoms with Gasteiger partial charge in [0, 0.05) is 29.2 Å². The lowest BCUT2D eigenvalue weighted by Gasteiger charge is -2.06. The summed E-state index contributed by atoms with van der Waals surface area (Å²) in [6, 6.07) is 10.4. The zero-order valence-corrected chi connectivity index (χ0v) is 11.8. The highest BCUT2D eigenvalue weighted by atomic mass is 19.1. The van der Waals surface area contributed by atoms with Crippen LogP contribution in [0.5, 0.6) is 5.88 Å². The van der Waals surface area contributed by atoms with Gasteiger partial charge in [-0.15, -0.1) is 0 Å². The van der Waals surface area contributed by atoms with Crippen molar-refractivity contribution >= 4 is 21.7 Å². The fourth-order valence-corrected chi connectivity index (χ4v) is 2.56. The number of benzene rings is 1. The topological polar surface area (TPSA) is 39.9 Å². The van der Waals surface area contributed by atoms with E-state index in [0.717, 1.165) is 27.5 Å². The first-order valence-electron chi connectivity index (χ1n) is 6.81. The molecule has 0 N–H and O–H groups in total. The van der Waals surface area contributed by atoms with Crippen molar-refractivity contribution in [1.82, 2.24) is 14.5 Å². The van der Waals surface area contributed by atoms with Crippen LogP contribution < -0.4 is 4.74 Å². The number of rotatable bonds is 2. The highest BCUT2D eigenvalue weighted by Gasteiger charge is 2.07. The zero-order valence-electron chi connectivity index (χ0n) is 11.8. The van der Waals surface area contributed by atoms with Gasteiger partial charge >= 0.3 is 0 Å². The van der Waals surface area contributed by atoms with E-state index < -0.39 is 0 Å². The van der Waals surface area contributed by atoms with Gasteiger partial charge in [0.05, 0.1) is 18.8 Å². The van der Waals surface area contributed by atoms with Gasteiger partial charge in [-0.1, -0.05) is 0 Å². The molecule has 0 unspecified atom stereocenters. The number of nitrogens with zero attached hydrogens (tertiary/aromatic N) is 3. The molecule has 22 heavy (non-hydrogen) atoms. The molecule has 0 aliphatic carbocycles. The third-order valence-corrected chi connectivity index (χ3v) is 3.68. The molecule has 0 amide bonds. The average molecular weight is 293 g/mol. The van der Waals surface area contributed by atoms with Crippen LogP contribution in [0.4, 0.5) is 4.39 Å². The molecule has 0 aliphatic heterocycles. The summed E-state index contributed by atoms with van der Waals surface area (Å²) < 4.78 is 20.4. The number of fused-ring (bicyclic) bond motifs is 2. The zero-order chi connectivity index (χ0) is 15.1. The summed E-state index contributed by atoms with van der Waals surface area (Å²) in [6.45, 7) is 0. The van der Waals surface area contributed by atoms with E-state index in [1.165, 1.54) is 12.1 Å². The van der Waals surface area contributed by atoms with Crippen LogP contribution in [-0.4, -0.2) is 21.6 Å². The molecule has 3 aromatic heterocycles. The number of aromatic nitrogens is 3. The molecule has 0 atom stereocenters. The standard InChI is InChI=1S/C17H12FN3O/c1-22-17-8-11-4-5-21(15(11)10-20-17)16-7-13-6-14(18)3-2-12(13)9-19-16/h2-10H,1H3. The average Bonchev–Trinajstić information content (AvgIpc) is 2.97. The molecule has 3 heterocycles. The van der Waals surface area contributed by atoms with Crippen molar-refractivity contribution in [3.05, 3.63) is 60.8 Å². The van der Waals surface area contributed by atoms with Crippen LogP contribution in [0.2, 0.25) is 0 Å². The number of ether oxygens (including phenoxy) is 1. The molecule has 0 radical (unpaired) electrons. The van der Waals surface area contributed by atoms with Gasteiger partial charge in [0.15, 0.2) is 0 Å². The molecule has 108 valence electrons. The fourth-order valence-electron chi connectivity index (χ4n) is 2.56. The minimum absolute atomic E-state index is 0.256. The van der Waals surface area contributed by atoms with Crippen LogP contribution in [0.1, 0.15) is 0 Å². The van der Waals surface area contributed by atoms with E-state index in [9.17, 15) is 4.39 Å². The van der Waals surface area contributed by atoms with E-state index in [2.05, 4.69) is 9.97 Å². The highest BCUT2D eigenvalue weighted by Crippen LogP contribution is 2.24. The second kappa shape index (κ2) is 4.80. The minimum atomic E-state index is -0.256. The van der Waals surface area contributed by atoms with Crippen LogP contribution in [0.25, 0.3) is 27.5 Å². The Bertz CT molecular complexity index is 994. The normalized spacial score (nSPS) is 11.2. The molecule has 0 aliphatic rings. The van der Waals surface area contributed by atoms with Gasteiger partial charge in [-0.3, -0.25) is 4.57 Å². The van der Waals surface area contributed by atoms with E-state index in [-0.39, 0.29) is 5.82 Å². The maximum absolute atomic E-state index is 13.4. The molecule has 0 saturated heterocycles. The molecule has 0 spiro atoms. The van der Waals surface area contributed by atoms with Crippen molar-refractivity contribution < 1.29 is 9.13 Å². The van der Waals surface area contributed by atoms with Crippen LogP contribution >= 0.6 is 0 Å². The Balaban J connectivity index is 1.91. The van der Waals surface area contributed by atoms with Crippen molar-refractivity contribution in [3.63, 3.8) is 0 Å². The van der Waals surface area contributed by atoms with Crippen LogP contribution in [0, 0.1) is 5.82 Å². The van der Waals surface area contributed by atoms with Crippen molar-refractivity contribution in [2.75, 3.05) is 7.11 Å². The van der Waals surface area contributed by atoms with Gasteiger partial charge in [0.2, 0.25) is 5.88 Å². The smallest absolute Gasteiger partial charge is 0.213 e. The summed E-state index contributed by atoms with van der Waals surface area (Å²) >= 11 is 0. The summed E-state index contributed by atoms with van der Waals surface area (Å²) in [4.78, 5) is 8.68. The molecule has 0 fully saturated rings. The molecule has 5 heteroatoms. The number of hydrogen-bond acceptors (Lipinski definition) is 3. The quantitative estimate of drug-likeness (QED) is 0.565. The Morgan fingerprint density at radius 1 is 0.955 bits per heavy atom. The van der Waals surface area contributed by atoms with Gasteiger partial charge in [-0.2, -0.15) is 0 Å². The second-order valence-corrected chi connectivity index (χ2v) is 5.01. The molecule has 0 saturated carbocycles. The fraction of sp³-hybridized carbons (Fsp3) is 0.0588. The largest absolute Gasteiger partial charge is 0.481 e. The Hall–Kier alpha value is -2.95. The molecular weight excluding hydrogens is 281 g/mol. The van der Waals surface area contributed by atoms with Gasteiger partial charge in [0.25, 0.3) is 0 Å². The monoisotopic (exact) mass is 293 g/mol. The molecule has 4 nitrogen and oxygen atoms in total. The first kappa shape index (κ1) is 12.8. The predicted octanol–water partition coefficient (Wildman–Crippen LogP) is 3.72. The number of halogens is 1. The molecule has 4 rings (SSSR count). The Morgan fingerprint density at radius 2 is 1.86 bits per heavy atom. The molecule has 1 aromatic carbocycles. The van der Waals surface area contributed by atoms with Gasteiger partial charge in [0.1, 0.15) is 11.6 Å². The van der Waals surface area contributed by atoms with Crippen molar-refractivity contribution in [2.45, 2.75) is 0 Å². The lowest BCUT2D eigenvalue weighted by molar-refractivity contribution is 0.398. The van der Waals surface area contributed by atoms with E-state index in [4.69, 9.17) is 4.74 Å². The van der Waals surface area contributed by atoms with E-state index >= 15 is 0 Å². The summed E-state index contributed by atoms with van der Waals surface area (Å²) in [7, 11) is 1.59. The third-order valence-electron chi connectivity index (χ3n) is 3.68. The van der Waals surface area contributed by atoms with E-state index in [1.54, 1.807) is 25.6 Å². The number of hydrogen-bond donors (Lipinski definition) is 0. The Morgan fingerprint density at radius 3 is 2.73 bits per heavy atom. The Labute approximate surface area is 125 Å². The first-order valence-corrected chi connectivity index (χ1v) is 6.81. The summed E-state index contributed by atoms with van der Waals surface area (Å²) in [5, 5.41) is 2.72. The number of pyridine rings is 2. The van der Waals surface area contributed by atoms with Crippen molar-refractivity contribution in [3.8, 4) is 11.7 Å². The maximum atomic E-state index is 13.4. The molecule has 0 bridgehead atoms. The van der Waals surface area contributed by atoms with Crippen molar-refractivity contribution in [1.29, 1.82) is 0 Å². The summed E-state index contributed by atoms with van der Waals surface area (Å²) in [5.41, 5.74) is 0.920. The second-order valence-electron chi connectivity index (χ2n) is 5.01. The molecule has 4 aromatic rings. The van der Waals surface area contributed by atoms with Crippen LogP contribution in [0.15, 0.2) is 55.0 Å². The van der Waals surface area contributed by atoms with Crippen molar-refractivity contribution in [2.24, 2.45) is 0 Å². The van der Waals surface area contributed by atoms with Crippen LogP contribution in [0.3, 0.4) is 0 Å². The number of methoxy groups -OCH3 is 1. The lowest BCUT2D eigenvalue weighted by atomic mass is 10.2. The summed E-state index contributed by atoms with van der Waals surface area (Å²) in [6.07, 6.45) is 5.40. The summed E-state index contributed by atoms with van der Waals surface area (Å²) in [5.74, 6) is 1.03. The van der Waals surface area contributed by atoms with Gasteiger partial charge in [-0.05, 0) is 35.7 Å². The molecular formula is C17H12FN3O. The van der Waals surface area contributed by atoms with Gasteiger partial charge in [-0.25, -0.2) is 14.4 Å². The predicted molar refractivity (Wildman–Crippen MR) is 82.9 cm³/mol. The highest BCUT2D eigenvalue weighted by molar-refractivity contribution is 5.85. The lowest BCUT2D eigenvalue weighted by Crippen LogP contribution is -1.96. The minimum Gasteiger partial charge on any atom is -0.481 e. The SMILES string of the molecule is COc1cc2ccn(-c3cc4cc(F)ccc4cn3)c2cn1. The maximum Gasteiger partial charge on any atom is 0.213 e. The van der Waals surface area contributed by atoms with Gasteiger partial charge < -0.3 is 4.74 Å².